The summed E-state index contributed by atoms with van der Waals surface area (Å²) in [7, 11) is 0. The van der Waals surface area contributed by atoms with Crippen molar-refractivity contribution in [2.24, 2.45) is 5.92 Å². The highest BCUT2D eigenvalue weighted by atomic mass is 16.6. The van der Waals surface area contributed by atoms with Crippen LogP contribution in [0.4, 0.5) is 10.6 Å². The van der Waals surface area contributed by atoms with Crippen LogP contribution in [0.2, 0.25) is 0 Å². The summed E-state index contributed by atoms with van der Waals surface area (Å²) in [4.78, 5) is 16.2. The van der Waals surface area contributed by atoms with E-state index in [-0.39, 0.29) is 6.09 Å². The second-order valence-electron chi connectivity index (χ2n) is 8.70. The van der Waals surface area contributed by atoms with Crippen LogP contribution in [0.5, 0.6) is 0 Å². The number of carbonyl (C=O) groups excluding carboxylic acids is 1. The van der Waals surface area contributed by atoms with Crippen LogP contribution in [0.25, 0.3) is 5.82 Å². The number of aryl methyl sites for hydroxylation is 1. The first-order valence-corrected chi connectivity index (χ1v) is 9.96. The number of rotatable bonds is 4. The maximum absolute atomic E-state index is 11.8. The van der Waals surface area contributed by atoms with E-state index in [1.165, 1.54) is 0 Å². The first-order chi connectivity index (χ1) is 13.2. The number of nitrogen functional groups attached to an aromatic ring is 1. The fourth-order valence-electron chi connectivity index (χ4n) is 3.59. The SMILES string of the molecule is Cc1ccc(-n2nc(C3CCC(CNC(=O)OC(C)(C)C)CC3)cc2N)nc1. The molecule has 7 heteroatoms. The Hall–Kier alpha value is -2.57. The van der Waals surface area contributed by atoms with Crippen LogP contribution in [0.1, 0.15) is 63.6 Å². The Balaban J connectivity index is 1.53. The summed E-state index contributed by atoms with van der Waals surface area (Å²) in [5.41, 5.74) is 7.84. The van der Waals surface area contributed by atoms with Gasteiger partial charge in [-0.2, -0.15) is 9.78 Å². The van der Waals surface area contributed by atoms with E-state index in [9.17, 15) is 4.79 Å². The van der Waals surface area contributed by atoms with E-state index in [0.717, 1.165) is 42.8 Å². The van der Waals surface area contributed by atoms with Crippen molar-refractivity contribution in [1.82, 2.24) is 20.1 Å². The van der Waals surface area contributed by atoms with Gasteiger partial charge in [0.2, 0.25) is 0 Å². The summed E-state index contributed by atoms with van der Waals surface area (Å²) in [6.07, 6.45) is 5.66. The molecular formula is C21H31N5O2. The highest BCUT2D eigenvalue weighted by Gasteiger charge is 2.26. The number of carbonyl (C=O) groups is 1. The maximum Gasteiger partial charge on any atom is 0.407 e. The van der Waals surface area contributed by atoms with Gasteiger partial charge in [0, 0.05) is 24.7 Å². The summed E-state index contributed by atoms with van der Waals surface area (Å²) in [5, 5.41) is 7.61. The molecule has 7 nitrogen and oxygen atoms in total. The van der Waals surface area contributed by atoms with Gasteiger partial charge < -0.3 is 15.8 Å². The van der Waals surface area contributed by atoms with Gasteiger partial charge in [-0.05, 0) is 70.9 Å². The van der Waals surface area contributed by atoms with E-state index in [4.69, 9.17) is 15.6 Å². The third-order valence-electron chi connectivity index (χ3n) is 5.07. The van der Waals surface area contributed by atoms with Gasteiger partial charge in [0.1, 0.15) is 11.4 Å². The smallest absolute Gasteiger partial charge is 0.407 e. The lowest BCUT2D eigenvalue weighted by atomic mass is 9.80. The quantitative estimate of drug-likeness (QED) is 0.831. The Bertz CT molecular complexity index is 799. The van der Waals surface area contributed by atoms with Gasteiger partial charge in [-0.25, -0.2) is 9.78 Å². The van der Waals surface area contributed by atoms with Crippen LogP contribution in [-0.2, 0) is 4.74 Å². The van der Waals surface area contributed by atoms with Gasteiger partial charge in [-0.1, -0.05) is 6.07 Å². The molecule has 0 radical (unpaired) electrons. The fourth-order valence-corrected chi connectivity index (χ4v) is 3.59. The Morgan fingerprint density at radius 3 is 2.61 bits per heavy atom. The Morgan fingerprint density at radius 2 is 2.00 bits per heavy atom. The molecule has 28 heavy (non-hydrogen) atoms. The minimum atomic E-state index is -0.465. The number of ether oxygens (including phenoxy) is 1. The van der Waals surface area contributed by atoms with Crippen molar-refractivity contribution < 1.29 is 9.53 Å². The molecule has 2 aromatic rings. The van der Waals surface area contributed by atoms with Crippen LogP contribution in [-0.4, -0.2) is 33.0 Å². The monoisotopic (exact) mass is 385 g/mol. The van der Waals surface area contributed by atoms with Gasteiger partial charge in [-0.3, -0.25) is 0 Å². The van der Waals surface area contributed by atoms with Crippen molar-refractivity contribution in [3.8, 4) is 5.82 Å². The minimum absolute atomic E-state index is 0.341. The predicted molar refractivity (Wildman–Crippen MR) is 109 cm³/mol. The second-order valence-corrected chi connectivity index (χ2v) is 8.70. The average molecular weight is 386 g/mol. The zero-order valence-corrected chi connectivity index (χ0v) is 17.2. The Kier molecular flexibility index (Phi) is 5.91. The number of nitrogens with zero attached hydrogens (tertiary/aromatic N) is 3. The number of hydrogen-bond donors (Lipinski definition) is 2. The number of anilines is 1. The lowest BCUT2D eigenvalue weighted by Crippen LogP contribution is -2.36. The molecule has 0 spiro atoms. The minimum Gasteiger partial charge on any atom is -0.444 e. The summed E-state index contributed by atoms with van der Waals surface area (Å²) < 4.78 is 7.02. The summed E-state index contributed by atoms with van der Waals surface area (Å²) in [6, 6.07) is 5.90. The van der Waals surface area contributed by atoms with Crippen LogP contribution in [0.3, 0.4) is 0 Å². The molecule has 1 amide bonds. The van der Waals surface area contributed by atoms with E-state index >= 15 is 0 Å². The van der Waals surface area contributed by atoms with Crippen LogP contribution in [0.15, 0.2) is 24.4 Å². The van der Waals surface area contributed by atoms with Gasteiger partial charge >= 0.3 is 6.09 Å². The molecule has 1 aliphatic rings. The Morgan fingerprint density at radius 1 is 1.29 bits per heavy atom. The van der Waals surface area contributed by atoms with E-state index in [1.54, 1.807) is 4.68 Å². The zero-order chi connectivity index (χ0) is 20.3. The van der Waals surface area contributed by atoms with Crippen molar-refractivity contribution in [2.75, 3.05) is 12.3 Å². The number of pyridine rings is 1. The van der Waals surface area contributed by atoms with E-state index in [2.05, 4.69) is 10.3 Å². The highest BCUT2D eigenvalue weighted by Crippen LogP contribution is 2.35. The molecule has 0 saturated heterocycles. The molecule has 2 aromatic heterocycles. The van der Waals surface area contributed by atoms with E-state index < -0.39 is 5.60 Å². The standard InChI is InChI=1S/C21H31N5O2/c1-14-5-10-19(23-12-14)26-18(22)11-17(25-26)16-8-6-15(7-9-16)13-24-20(27)28-21(2,3)4/h5,10-12,15-16H,6-9,13,22H2,1-4H3,(H,24,27). The molecule has 2 heterocycles. The molecule has 1 fully saturated rings. The third-order valence-corrected chi connectivity index (χ3v) is 5.07. The topological polar surface area (TPSA) is 95.1 Å². The van der Waals surface area contributed by atoms with Crippen molar-refractivity contribution in [3.63, 3.8) is 0 Å². The number of nitrogens with two attached hydrogens (primary N) is 1. The van der Waals surface area contributed by atoms with Crippen LogP contribution < -0.4 is 11.1 Å². The van der Waals surface area contributed by atoms with Crippen LogP contribution >= 0.6 is 0 Å². The summed E-state index contributed by atoms with van der Waals surface area (Å²) >= 11 is 0. The van der Waals surface area contributed by atoms with E-state index in [0.29, 0.717) is 24.2 Å². The van der Waals surface area contributed by atoms with Gasteiger partial charge in [0.15, 0.2) is 5.82 Å². The van der Waals surface area contributed by atoms with Crippen molar-refractivity contribution in [2.45, 2.75) is 64.9 Å². The normalized spacial score (nSPS) is 20.0. The lowest BCUT2D eigenvalue weighted by molar-refractivity contribution is 0.0514. The van der Waals surface area contributed by atoms with Crippen LogP contribution in [0, 0.1) is 12.8 Å². The third kappa shape index (κ3) is 5.24. The second kappa shape index (κ2) is 8.20. The maximum atomic E-state index is 11.8. The molecule has 0 aliphatic heterocycles. The molecule has 152 valence electrons. The molecule has 1 saturated carbocycles. The number of alkyl carbamates (subject to hydrolysis) is 1. The highest BCUT2D eigenvalue weighted by molar-refractivity contribution is 5.67. The van der Waals surface area contributed by atoms with Crippen molar-refractivity contribution in [1.29, 1.82) is 0 Å². The largest absolute Gasteiger partial charge is 0.444 e. The predicted octanol–water partition coefficient (Wildman–Crippen LogP) is 3.96. The first-order valence-electron chi connectivity index (χ1n) is 9.96. The molecule has 1 aliphatic carbocycles. The fraction of sp³-hybridized carbons (Fsp3) is 0.571. The lowest BCUT2D eigenvalue weighted by Gasteiger charge is -2.28. The number of amides is 1. The number of aromatic nitrogens is 3. The number of hydrogen-bond acceptors (Lipinski definition) is 5. The van der Waals surface area contributed by atoms with Gasteiger partial charge in [0.05, 0.1) is 5.69 Å². The molecule has 0 atom stereocenters. The molecule has 3 N–H and O–H groups in total. The van der Waals surface area contributed by atoms with Gasteiger partial charge in [-0.15, -0.1) is 0 Å². The average Bonchev–Trinajstić information content (AvgIpc) is 3.01. The first kappa shape index (κ1) is 20.2. The molecule has 0 unspecified atom stereocenters. The van der Waals surface area contributed by atoms with Crippen molar-refractivity contribution in [3.05, 3.63) is 35.7 Å². The molecule has 0 aromatic carbocycles. The van der Waals surface area contributed by atoms with E-state index in [1.807, 2.05) is 52.1 Å². The molecule has 3 rings (SSSR count). The van der Waals surface area contributed by atoms with Gasteiger partial charge in [0.25, 0.3) is 0 Å². The number of nitrogens with one attached hydrogen (secondary N) is 1. The molecule has 0 bridgehead atoms. The summed E-state index contributed by atoms with van der Waals surface area (Å²) in [5.74, 6) is 2.22. The summed E-state index contributed by atoms with van der Waals surface area (Å²) in [6.45, 7) is 8.27. The molecular weight excluding hydrogens is 354 g/mol. The Labute approximate surface area is 166 Å². The zero-order valence-electron chi connectivity index (χ0n) is 17.2. The van der Waals surface area contributed by atoms with Crippen molar-refractivity contribution >= 4 is 11.9 Å².